The first-order valence-electron chi connectivity index (χ1n) is 4.44. The molecule has 0 saturated carbocycles. The molecule has 0 spiro atoms. The summed E-state index contributed by atoms with van der Waals surface area (Å²) in [6, 6.07) is 0.403. The van der Waals surface area contributed by atoms with Gasteiger partial charge in [0, 0.05) is 6.04 Å². The quantitative estimate of drug-likeness (QED) is 0.561. The lowest BCUT2D eigenvalue weighted by atomic mass is 10.1. The lowest BCUT2D eigenvalue weighted by Crippen LogP contribution is -2.14. The van der Waals surface area contributed by atoms with Crippen LogP contribution in [0.4, 0.5) is 0 Å². The summed E-state index contributed by atoms with van der Waals surface area (Å²) < 4.78 is 3.85. The molecule has 72 valence electrons. The van der Waals surface area contributed by atoms with Crippen LogP contribution in [0.5, 0.6) is 0 Å². The standard InChI is InChI=1S/C9H15N3S/c1-3-4-5-6-8(10-2)9-7-11-12-13-9/h3,7-8,10H,1,4-6H2,2H3. The highest BCUT2D eigenvalue weighted by atomic mass is 32.1. The van der Waals surface area contributed by atoms with Crippen molar-refractivity contribution in [2.45, 2.75) is 25.3 Å². The first kappa shape index (κ1) is 10.3. The highest BCUT2D eigenvalue weighted by Gasteiger charge is 2.10. The second-order valence-electron chi connectivity index (χ2n) is 2.88. The second kappa shape index (κ2) is 5.83. The predicted molar refractivity (Wildman–Crippen MR) is 55.8 cm³/mol. The molecule has 0 aliphatic rings. The number of aromatic nitrogens is 2. The SMILES string of the molecule is C=CCCCC(NC)c1cnns1. The molecule has 0 radical (unpaired) electrons. The van der Waals surface area contributed by atoms with Gasteiger partial charge in [0.15, 0.2) is 0 Å². The Hall–Kier alpha value is -0.740. The molecule has 3 nitrogen and oxygen atoms in total. The third kappa shape index (κ3) is 3.24. The molecule has 4 heteroatoms. The second-order valence-corrected chi connectivity index (χ2v) is 3.70. The molecular formula is C9H15N3S. The third-order valence-corrected chi connectivity index (χ3v) is 2.75. The molecule has 13 heavy (non-hydrogen) atoms. The molecule has 1 rings (SSSR count). The number of rotatable bonds is 6. The Morgan fingerprint density at radius 3 is 3.15 bits per heavy atom. The van der Waals surface area contributed by atoms with E-state index in [2.05, 4.69) is 21.5 Å². The van der Waals surface area contributed by atoms with E-state index in [1.807, 2.05) is 19.3 Å². The van der Waals surface area contributed by atoms with Gasteiger partial charge in [-0.15, -0.1) is 11.7 Å². The number of nitrogens with zero attached hydrogens (tertiary/aromatic N) is 2. The Morgan fingerprint density at radius 2 is 2.62 bits per heavy atom. The van der Waals surface area contributed by atoms with Crippen molar-refractivity contribution in [3.05, 3.63) is 23.7 Å². The highest BCUT2D eigenvalue weighted by molar-refractivity contribution is 7.05. The molecule has 0 saturated heterocycles. The van der Waals surface area contributed by atoms with Gasteiger partial charge in [-0.05, 0) is 37.8 Å². The lowest BCUT2D eigenvalue weighted by molar-refractivity contribution is 0.537. The van der Waals surface area contributed by atoms with E-state index in [4.69, 9.17) is 0 Å². The Balaban J connectivity index is 2.39. The largest absolute Gasteiger partial charge is 0.312 e. The lowest BCUT2D eigenvalue weighted by Gasteiger charge is -2.11. The molecular weight excluding hydrogens is 182 g/mol. The smallest absolute Gasteiger partial charge is 0.0669 e. The van der Waals surface area contributed by atoms with Crippen LogP contribution >= 0.6 is 11.5 Å². The molecule has 0 aliphatic heterocycles. The summed E-state index contributed by atoms with van der Waals surface area (Å²) in [4.78, 5) is 1.21. The average molecular weight is 197 g/mol. The molecule has 1 aromatic rings. The molecule has 1 heterocycles. The van der Waals surface area contributed by atoms with Crippen LogP contribution in [0.3, 0.4) is 0 Å². The third-order valence-electron chi connectivity index (χ3n) is 1.97. The Morgan fingerprint density at radius 1 is 1.77 bits per heavy atom. The molecule has 0 fully saturated rings. The van der Waals surface area contributed by atoms with Crippen LogP contribution in [0.2, 0.25) is 0 Å². The molecule has 0 bridgehead atoms. The van der Waals surface area contributed by atoms with Crippen molar-refractivity contribution in [2.75, 3.05) is 7.05 Å². The van der Waals surface area contributed by atoms with Crippen molar-refractivity contribution >= 4 is 11.5 Å². The van der Waals surface area contributed by atoms with Gasteiger partial charge in [-0.2, -0.15) is 0 Å². The van der Waals surface area contributed by atoms with Gasteiger partial charge in [-0.1, -0.05) is 10.6 Å². The van der Waals surface area contributed by atoms with E-state index in [-0.39, 0.29) is 0 Å². The predicted octanol–water partition coefficient (Wildman–Crippen LogP) is 2.15. The number of hydrogen-bond donors (Lipinski definition) is 1. The Labute approximate surface area is 83.0 Å². The summed E-state index contributed by atoms with van der Waals surface area (Å²) >= 11 is 1.46. The Kier molecular flexibility index (Phi) is 4.64. The summed E-state index contributed by atoms with van der Waals surface area (Å²) in [6.45, 7) is 3.70. The monoisotopic (exact) mass is 197 g/mol. The number of unbranched alkanes of at least 4 members (excludes halogenated alkanes) is 1. The summed E-state index contributed by atoms with van der Waals surface area (Å²) in [5.74, 6) is 0. The fourth-order valence-corrected chi connectivity index (χ4v) is 1.87. The maximum atomic E-state index is 3.85. The van der Waals surface area contributed by atoms with Gasteiger partial charge >= 0.3 is 0 Å². The highest BCUT2D eigenvalue weighted by Crippen LogP contribution is 2.20. The van der Waals surface area contributed by atoms with Crippen LogP contribution < -0.4 is 5.32 Å². The minimum atomic E-state index is 0.403. The maximum Gasteiger partial charge on any atom is 0.0669 e. The van der Waals surface area contributed by atoms with Gasteiger partial charge < -0.3 is 5.32 Å². The summed E-state index contributed by atoms with van der Waals surface area (Å²) in [7, 11) is 1.97. The van der Waals surface area contributed by atoms with Crippen molar-refractivity contribution in [2.24, 2.45) is 0 Å². The Bertz CT molecular complexity index is 233. The number of allylic oxidation sites excluding steroid dienone is 1. The van der Waals surface area contributed by atoms with E-state index >= 15 is 0 Å². The van der Waals surface area contributed by atoms with Gasteiger partial charge in [0.1, 0.15) is 0 Å². The minimum Gasteiger partial charge on any atom is -0.312 e. The van der Waals surface area contributed by atoms with Gasteiger partial charge in [-0.25, -0.2) is 0 Å². The van der Waals surface area contributed by atoms with Crippen LogP contribution in [0.1, 0.15) is 30.2 Å². The summed E-state index contributed by atoms with van der Waals surface area (Å²) in [5.41, 5.74) is 0. The molecule has 0 amide bonds. The zero-order chi connectivity index (χ0) is 9.52. The fourth-order valence-electron chi connectivity index (χ4n) is 1.22. The van der Waals surface area contributed by atoms with Crippen molar-refractivity contribution in [1.29, 1.82) is 0 Å². The fraction of sp³-hybridized carbons (Fsp3) is 0.556. The van der Waals surface area contributed by atoms with E-state index < -0.39 is 0 Å². The summed E-state index contributed by atoms with van der Waals surface area (Å²) in [6.07, 6.45) is 7.14. The zero-order valence-electron chi connectivity index (χ0n) is 7.86. The van der Waals surface area contributed by atoms with Gasteiger partial charge in [0.2, 0.25) is 0 Å². The van der Waals surface area contributed by atoms with Crippen molar-refractivity contribution in [3.63, 3.8) is 0 Å². The van der Waals surface area contributed by atoms with E-state index in [0.717, 1.165) is 19.3 Å². The van der Waals surface area contributed by atoms with Gasteiger partial charge in [0.05, 0.1) is 11.1 Å². The van der Waals surface area contributed by atoms with Crippen LogP contribution in [0.25, 0.3) is 0 Å². The molecule has 0 aromatic carbocycles. The first-order valence-corrected chi connectivity index (χ1v) is 5.21. The molecule has 0 aliphatic carbocycles. The van der Waals surface area contributed by atoms with Crippen LogP contribution in [0, 0.1) is 0 Å². The minimum absolute atomic E-state index is 0.403. The van der Waals surface area contributed by atoms with E-state index in [9.17, 15) is 0 Å². The van der Waals surface area contributed by atoms with Crippen LogP contribution in [-0.2, 0) is 0 Å². The van der Waals surface area contributed by atoms with Crippen molar-refractivity contribution in [3.8, 4) is 0 Å². The first-order chi connectivity index (χ1) is 6.38. The molecule has 1 N–H and O–H groups in total. The molecule has 1 unspecified atom stereocenters. The van der Waals surface area contributed by atoms with Crippen LogP contribution in [-0.4, -0.2) is 16.6 Å². The van der Waals surface area contributed by atoms with Gasteiger partial charge in [0.25, 0.3) is 0 Å². The summed E-state index contributed by atoms with van der Waals surface area (Å²) in [5, 5.41) is 7.09. The topological polar surface area (TPSA) is 37.8 Å². The van der Waals surface area contributed by atoms with E-state index in [1.54, 1.807) is 0 Å². The molecule has 1 aromatic heterocycles. The molecule has 1 atom stereocenters. The number of hydrogen-bond acceptors (Lipinski definition) is 4. The number of nitrogens with one attached hydrogen (secondary N) is 1. The van der Waals surface area contributed by atoms with Crippen molar-refractivity contribution < 1.29 is 0 Å². The normalized spacial score (nSPS) is 12.7. The maximum absolute atomic E-state index is 3.85. The van der Waals surface area contributed by atoms with E-state index in [0.29, 0.717) is 6.04 Å². The average Bonchev–Trinajstić information content (AvgIpc) is 2.65. The van der Waals surface area contributed by atoms with Gasteiger partial charge in [-0.3, -0.25) is 0 Å². The van der Waals surface area contributed by atoms with E-state index in [1.165, 1.54) is 16.4 Å². The van der Waals surface area contributed by atoms with Crippen LogP contribution in [0.15, 0.2) is 18.9 Å². The van der Waals surface area contributed by atoms with Crippen molar-refractivity contribution in [1.82, 2.24) is 14.9 Å². The zero-order valence-corrected chi connectivity index (χ0v) is 8.68.